The normalized spacial score (nSPS) is 24.3. The molecule has 1 heterocycles. The Morgan fingerprint density at radius 1 is 1.53 bits per heavy atom. The van der Waals surface area contributed by atoms with Gasteiger partial charge in [0, 0.05) is 17.7 Å². The van der Waals surface area contributed by atoms with E-state index in [4.69, 9.17) is 9.47 Å². The molecule has 1 aromatic carbocycles. The molecule has 0 aromatic heterocycles. The Kier molecular flexibility index (Phi) is 3.44. The van der Waals surface area contributed by atoms with E-state index in [-0.39, 0.29) is 16.3 Å². The first-order valence-corrected chi connectivity index (χ1v) is 6.57. The van der Waals surface area contributed by atoms with Crippen molar-refractivity contribution in [3.8, 4) is 11.5 Å². The third-order valence-corrected chi connectivity index (χ3v) is 4.74. The van der Waals surface area contributed by atoms with Crippen molar-refractivity contribution < 1.29 is 19.5 Å². The van der Waals surface area contributed by atoms with E-state index in [1.165, 1.54) is 19.2 Å². The molecule has 0 amide bonds. The van der Waals surface area contributed by atoms with Gasteiger partial charge in [-0.05, 0) is 13.8 Å². The molecule has 1 aliphatic heterocycles. The van der Waals surface area contributed by atoms with Crippen molar-refractivity contribution in [1.29, 1.82) is 0 Å². The summed E-state index contributed by atoms with van der Waals surface area (Å²) in [6.07, 6.45) is -0.886. The predicted molar refractivity (Wildman–Crippen MR) is 72.0 cm³/mol. The van der Waals surface area contributed by atoms with Crippen LogP contribution in [0.2, 0.25) is 0 Å². The highest BCUT2D eigenvalue weighted by atomic mass is 79.9. The highest BCUT2D eigenvalue weighted by molar-refractivity contribution is 9.09. The summed E-state index contributed by atoms with van der Waals surface area (Å²) in [6.45, 7) is 3.65. The number of fused-ring (bicyclic) bond motifs is 1. The molecule has 0 unspecified atom stereocenters. The number of nitro groups is 1. The Hall–Kier alpha value is -1.34. The van der Waals surface area contributed by atoms with Gasteiger partial charge in [0.2, 0.25) is 5.75 Å². The maximum atomic E-state index is 11.0. The molecule has 0 saturated carbocycles. The fourth-order valence-electron chi connectivity index (χ4n) is 2.07. The van der Waals surface area contributed by atoms with E-state index in [1.807, 2.05) is 13.8 Å². The minimum absolute atomic E-state index is 0.111. The summed E-state index contributed by atoms with van der Waals surface area (Å²) in [5.74, 6) is 0.510. The lowest BCUT2D eigenvalue weighted by atomic mass is 9.91. The van der Waals surface area contributed by atoms with Crippen LogP contribution in [0.4, 0.5) is 5.69 Å². The second-order valence-corrected chi connectivity index (χ2v) is 5.86. The van der Waals surface area contributed by atoms with Crippen LogP contribution in [0.25, 0.3) is 0 Å². The molecular weight excluding hydrogens is 318 g/mol. The van der Waals surface area contributed by atoms with E-state index in [0.29, 0.717) is 11.3 Å². The minimum Gasteiger partial charge on any atom is -0.490 e. The number of aliphatic hydroxyl groups is 1. The Balaban J connectivity index is 2.60. The molecule has 0 bridgehead atoms. The molecule has 1 N–H and O–H groups in total. The van der Waals surface area contributed by atoms with Gasteiger partial charge in [-0.2, -0.15) is 0 Å². The van der Waals surface area contributed by atoms with Gasteiger partial charge in [-0.1, -0.05) is 15.9 Å². The lowest BCUT2D eigenvalue weighted by Gasteiger charge is -2.40. The molecule has 104 valence electrons. The van der Waals surface area contributed by atoms with Crippen LogP contribution in [0.1, 0.15) is 25.5 Å². The van der Waals surface area contributed by atoms with Crippen molar-refractivity contribution in [2.24, 2.45) is 0 Å². The molecule has 1 aliphatic rings. The summed E-state index contributed by atoms with van der Waals surface area (Å²) >= 11 is 3.37. The number of halogens is 1. The van der Waals surface area contributed by atoms with Gasteiger partial charge < -0.3 is 14.6 Å². The standard InChI is InChI=1S/C12H14BrNO5/c1-12(2)11(13)10(15)6-4-7(14(16)17)9(18-3)5-8(6)19-12/h4-5,10-11,15H,1-3H3/t10-,11+/m1/s1. The van der Waals surface area contributed by atoms with E-state index < -0.39 is 16.6 Å². The molecule has 2 rings (SSSR count). The van der Waals surface area contributed by atoms with Crippen LogP contribution in [0.5, 0.6) is 11.5 Å². The second kappa shape index (κ2) is 4.64. The van der Waals surface area contributed by atoms with Crippen LogP contribution >= 0.6 is 15.9 Å². The molecule has 0 radical (unpaired) electrons. The Morgan fingerprint density at radius 2 is 2.16 bits per heavy atom. The van der Waals surface area contributed by atoms with Crippen molar-refractivity contribution in [2.45, 2.75) is 30.4 Å². The Labute approximate surface area is 118 Å². The van der Waals surface area contributed by atoms with Crippen molar-refractivity contribution >= 4 is 21.6 Å². The molecule has 7 heteroatoms. The summed E-state index contributed by atoms with van der Waals surface area (Å²) < 4.78 is 10.8. The first kappa shape index (κ1) is 14.1. The number of nitro benzene ring substituents is 1. The van der Waals surface area contributed by atoms with Crippen molar-refractivity contribution in [3.63, 3.8) is 0 Å². The largest absolute Gasteiger partial charge is 0.490 e. The summed E-state index contributed by atoms with van der Waals surface area (Å²) in [5, 5.41) is 21.2. The number of hydrogen-bond donors (Lipinski definition) is 1. The van der Waals surface area contributed by atoms with E-state index in [9.17, 15) is 15.2 Å². The summed E-state index contributed by atoms with van der Waals surface area (Å²) in [6, 6.07) is 2.74. The van der Waals surface area contributed by atoms with Gasteiger partial charge in [0.1, 0.15) is 11.4 Å². The summed E-state index contributed by atoms with van der Waals surface area (Å²) in [4.78, 5) is 10.1. The minimum atomic E-state index is -0.886. The highest BCUT2D eigenvalue weighted by Crippen LogP contribution is 2.47. The van der Waals surface area contributed by atoms with E-state index in [2.05, 4.69) is 15.9 Å². The van der Waals surface area contributed by atoms with Crippen molar-refractivity contribution in [2.75, 3.05) is 7.11 Å². The van der Waals surface area contributed by atoms with Crippen LogP contribution in [0.15, 0.2) is 12.1 Å². The number of alkyl halides is 1. The van der Waals surface area contributed by atoms with Crippen LogP contribution in [-0.4, -0.2) is 27.6 Å². The molecular formula is C12H14BrNO5. The number of ether oxygens (including phenoxy) is 2. The number of nitrogens with zero attached hydrogens (tertiary/aromatic N) is 1. The number of hydrogen-bond acceptors (Lipinski definition) is 5. The average Bonchev–Trinajstić information content (AvgIpc) is 2.34. The molecule has 0 fully saturated rings. The van der Waals surface area contributed by atoms with Crippen molar-refractivity contribution in [3.05, 3.63) is 27.8 Å². The van der Waals surface area contributed by atoms with Gasteiger partial charge in [0.15, 0.2) is 0 Å². The van der Waals surface area contributed by atoms with Gasteiger partial charge in [0.25, 0.3) is 0 Å². The fraction of sp³-hybridized carbons (Fsp3) is 0.500. The monoisotopic (exact) mass is 331 g/mol. The lowest BCUT2D eigenvalue weighted by molar-refractivity contribution is -0.385. The van der Waals surface area contributed by atoms with Gasteiger partial charge >= 0.3 is 5.69 Å². The molecule has 0 saturated heterocycles. The predicted octanol–water partition coefficient (Wildman–Crippen LogP) is 2.57. The zero-order chi connectivity index (χ0) is 14.4. The molecule has 19 heavy (non-hydrogen) atoms. The molecule has 1 aromatic rings. The summed E-state index contributed by atoms with van der Waals surface area (Å²) in [7, 11) is 1.35. The van der Waals surface area contributed by atoms with E-state index in [0.717, 1.165) is 0 Å². The van der Waals surface area contributed by atoms with Gasteiger partial charge in [-0.15, -0.1) is 0 Å². The first-order valence-electron chi connectivity index (χ1n) is 5.65. The maximum absolute atomic E-state index is 11.0. The van der Waals surface area contributed by atoms with Gasteiger partial charge in [-0.25, -0.2) is 0 Å². The number of methoxy groups -OCH3 is 1. The quantitative estimate of drug-likeness (QED) is 0.511. The lowest BCUT2D eigenvalue weighted by Crippen LogP contribution is -2.45. The van der Waals surface area contributed by atoms with Crippen LogP contribution in [0.3, 0.4) is 0 Å². The zero-order valence-electron chi connectivity index (χ0n) is 10.7. The van der Waals surface area contributed by atoms with Crippen LogP contribution < -0.4 is 9.47 Å². The Bertz CT molecular complexity index is 531. The second-order valence-electron chi connectivity index (χ2n) is 4.87. The third kappa shape index (κ3) is 2.28. The number of benzene rings is 1. The molecule has 2 atom stereocenters. The highest BCUT2D eigenvalue weighted by Gasteiger charge is 2.43. The topological polar surface area (TPSA) is 81.8 Å². The van der Waals surface area contributed by atoms with E-state index in [1.54, 1.807) is 0 Å². The van der Waals surface area contributed by atoms with Gasteiger partial charge in [0.05, 0.1) is 23.0 Å². The Morgan fingerprint density at radius 3 is 2.68 bits per heavy atom. The first-order chi connectivity index (χ1) is 8.77. The fourth-order valence-corrected chi connectivity index (χ4v) is 2.45. The molecule has 0 aliphatic carbocycles. The molecule has 0 spiro atoms. The molecule has 6 nitrogen and oxygen atoms in total. The average molecular weight is 332 g/mol. The van der Waals surface area contributed by atoms with Crippen LogP contribution in [-0.2, 0) is 0 Å². The maximum Gasteiger partial charge on any atom is 0.311 e. The van der Waals surface area contributed by atoms with Crippen molar-refractivity contribution in [1.82, 2.24) is 0 Å². The number of rotatable bonds is 2. The van der Waals surface area contributed by atoms with E-state index >= 15 is 0 Å². The zero-order valence-corrected chi connectivity index (χ0v) is 12.3. The smallest absolute Gasteiger partial charge is 0.311 e. The van der Waals surface area contributed by atoms with Gasteiger partial charge in [-0.3, -0.25) is 10.1 Å². The van der Waals surface area contributed by atoms with Crippen LogP contribution in [0, 0.1) is 10.1 Å². The SMILES string of the molecule is COc1cc2c(cc1[N+](=O)[O-])[C@@H](O)[C@H](Br)C(C)(C)O2. The third-order valence-electron chi connectivity index (χ3n) is 3.14. The number of aliphatic hydroxyl groups excluding tert-OH is 1. The summed E-state index contributed by atoms with van der Waals surface area (Å²) in [5.41, 5.74) is -0.440.